The Hall–Kier alpha value is -3.41. The second-order valence-electron chi connectivity index (χ2n) is 5.99. The van der Waals surface area contributed by atoms with Crippen LogP contribution in [-0.4, -0.2) is 40.1 Å². The van der Waals surface area contributed by atoms with E-state index in [9.17, 15) is 9.59 Å². The van der Waals surface area contributed by atoms with Crippen molar-refractivity contribution in [2.45, 2.75) is 6.54 Å². The van der Waals surface area contributed by atoms with Gasteiger partial charge in [0.25, 0.3) is 5.91 Å². The van der Waals surface area contributed by atoms with Gasteiger partial charge in [-0.1, -0.05) is 48.5 Å². The number of para-hydroxylation sites is 1. The van der Waals surface area contributed by atoms with Crippen LogP contribution in [0.2, 0.25) is 0 Å². The average Bonchev–Trinajstić information content (AvgIpc) is 3.11. The topological polar surface area (TPSA) is 67.2 Å². The van der Waals surface area contributed by atoms with E-state index >= 15 is 0 Å². The Morgan fingerprint density at radius 1 is 1.04 bits per heavy atom. The number of hydrogen-bond acceptors (Lipinski definition) is 3. The number of nitrogens with zero attached hydrogens (tertiary/aromatic N) is 3. The maximum Gasteiger partial charge on any atom is 0.257 e. The molecule has 6 nitrogen and oxygen atoms in total. The van der Waals surface area contributed by atoms with Gasteiger partial charge in [0, 0.05) is 18.9 Å². The largest absolute Gasteiger partial charge is 0.332 e. The lowest BCUT2D eigenvalue weighted by molar-refractivity contribution is -0.116. The molecule has 1 heterocycles. The molecule has 26 heavy (non-hydrogen) atoms. The number of carbonyl (C=O) groups is 2. The molecule has 1 N–H and O–H groups in total. The Balaban J connectivity index is 1.57. The normalized spacial score (nSPS) is 10.3. The third kappa shape index (κ3) is 4.57. The summed E-state index contributed by atoms with van der Waals surface area (Å²) in [6.45, 7) is 0.559. The van der Waals surface area contributed by atoms with Crippen LogP contribution >= 0.6 is 0 Å². The predicted molar refractivity (Wildman–Crippen MR) is 99.8 cm³/mol. The highest BCUT2D eigenvalue weighted by Gasteiger charge is 2.16. The summed E-state index contributed by atoms with van der Waals surface area (Å²) in [5, 5.41) is 6.99. The number of anilines is 1. The third-order valence-corrected chi connectivity index (χ3v) is 3.85. The van der Waals surface area contributed by atoms with Crippen molar-refractivity contribution in [2.75, 3.05) is 18.9 Å². The lowest BCUT2D eigenvalue weighted by Crippen LogP contribution is -2.34. The number of aromatic nitrogens is 2. The monoisotopic (exact) mass is 348 g/mol. The number of amides is 2. The van der Waals surface area contributed by atoms with E-state index in [2.05, 4.69) is 10.4 Å². The number of rotatable bonds is 6. The molecule has 0 atom stereocenters. The lowest BCUT2D eigenvalue weighted by atomic mass is 10.2. The van der Waals surface area contributed by atoms with Gasteiger partial charge in [-0.05, 0) is 17.7 Å². The molecule has 0 saturated carbocycles. The Morgan fingerprint density at radius 3 is 2.38 bits per heavy atom. The SMILES string of the molecule is CN(CC(=O)Nc1ccccc1)C(=O)c1cnn(Cc2ccccc2)c1. The van der Waals surface area contributed by atoms with Crippen molar-refractivity contribution in [2.24, 2.45) is 0 Å². The lowest BCUT2D eigenvalue weighted by Gasteiger charge is -2.15. The number of benzene rings is 2. The molecule has 1 aromatic heterocycles. The van der Waals surface area contributed by atoms with Gasteiger partial charge < -0.3 is 10.2 Å². The van der Waals surface area contributed by atoms with Gasteiger partial charge in [-0.25, -0.2) is 0 Å². The molecular formula is C20H20N4O2. The summed E-state index contributed by atoms with van der Waals surface area (Å²) in [7, 11) is 1.60. The van der Waals surface area contributed by atoms with Gasteiger partial charge in [0.05, 0.1) is 24.8 Å². The van der Waals surface area contributed by atoms with E-state index in [0.717, 1.165) is 5.56 Å². The molecule has 3 rings (SSSR count). The minimum absolute atomic E-state index is 0.0302. The van der Waals surface area contributed by atoms with E-state index < -0.39 is 0 Å². The van der Waals surface area contributed by atoms with Gasteiger partial charge in [-0.3, -0.25) is 14.3 Å². The molecule has 6 heteroatoms. The molecule has 0 spiro atoms. The molecule has 0 aliphatic heterocycles. The Labute approximate surface area is 152 Å². The minimum Gasteiger partial charge on any atom is -0.332 e. The summed E-state index contributed by atoms with van der Waals surface area (Å²) in [4.78, 5) is 25.9. The second kappa shape index (κ2) is 8.11. The number of carbonyl (C=O) groups excluding carboxylic acids is 2. The Kier molecular flexibility index (Phi) is 5.43. The average molecular weight is 348 g/mol. The molecule has 0 aliphatic rings. The first-order valence-electron chi connectivity index (χ1n) is 8.28. The van der Waals surface area contributed by atoms with E-state index in [4.69, 9.17) is 0 Å². The Morgan fingerprint density at radius 2 is 1.69 bits per heavy atom. The van der Waals surface area contributed by atoms with Crippen LogP contribution in [0.5, 0.6) is 0 Å². The van der Waals surface area contributed by atoms with Gasteiger partial charge >= 0.3 is 0 Å². The predicted octanol–water partition coefficient (Wildman–Crippen LogP) is 2.64. The Bertz CT molecular complexity index is 875. The molecule has 3 aromatic rings. The molecule has 0 bridgehead atoms. The summed E-state index contributed by atoms with van der Waals surface area (Å²) in [5.41, 5.74) is 2.26. The third-order valence-electron chi connectivity index (χ3n) is 3.85. The van der Waals surface area contributed by atoms with Crippen LogP contribution in [0.1, 0.15) is 15.9 Å². The van der Waals surface area contributed by atoms with Crippen molar-refractivity contribution in [1.29, 1.82) is 0 Å². The molecule has 0 fully saturated rings. The molecule has 0 saturated heterocycles. The smallest absolute Gasteiger partial charge is 0.257 e. The van der Waals surface area contributed by atoms with Gasteiger partial charge in [-0.15, -0.1) is 0 Å². The zero-order valence-corrected chi connectivity index (χ0v) is 14.5. The molecule has 2 amide bonds. The molecule has 0 radical (unpaired) electrons. The van der Waals surface area contributed by atoms with Crippen LogP contribution in [0.25, 0.3) is 0 Å². The van der Waals surface area contributed by atoms with Crippen LogP contribution < -0.4 is 5.32 Å². The maximum absolute atomic E-state index is 12.5. The minimum atomic E-state index is -0.247. The van der Waals surface area contributed by atoms with Crippen LogP contribution in [0.15, 0.2) is 73.1 Å². The summed E-state index contributed by atoms with van der Waals surface area (Å²) < 4.78 is 1.71. The quantitative estimate of drug-likeness (QED) is 0.745. The van der Waals surface area contributed by atoms with Crippen LogP contribution in [0.4, 0.5) is 5.69 Å². The fourth-order valence-electron chi connectivity index (χ4n) is 2.56. The standard InChI is InChI=1S/C20H20N4O2/c1-23(15-19(25)22-18-10-6-3-7-11-18)20(26)17-12-21-24(14-17)13-16-8-4-2-5-9-16/h2-12,14H,13,15H2,1H3,(H,22,25). The molecular weight excluding hydrogens is 328 g/mol. The van der Waals surface area contributed by atoms with Gasteiger partial charge in [0.2, 0.25) is 5.91 Å². The van der Waals surface area contributed by atoms with Crippen molar-refractivity contribution < 1.29 is 9.59 Å². The van der Waals surface area contributed by atoms with Crippen LogP contribution in [-0.2, 0) is 11.3 Å². The summed E-state index contributed by atoms with van der Waals surface area (Å²) in [6, 6.07) is 19.0. The van der Waals surface area contributed by atoms with Crippen molar-refractivity contribution in [3.63, 3.8) is 0 Å². The molecule has 132 valence electrons. The summed E-state index contributed by atoms with van der Waals surface area (Å²) in [6.07, 6.45) is 3.22. The highest BCUT2D eigenvalue weighted by atomic mass is 16.2. The zero-order valence-electron chi connectivity index (χ0n) is 14.5. The van der Waals surface area contributed by atoms with Crippen LogP contribution in [0, 0.1) is 0 Å². The first-order chi connectivity index (χ1) is 12.6. The molecule has 2 aromatic carbocycles. The van der Waals surface area contributed by atoms with Gasteiger partial charge in [-0.2, -0.15) is 5.10 Å². The van der Waals surface area contributed by atoms with E-state index in [1.165, 1.54) is 11.1 Å². The number of likely N-dealkylation sites (N-methyl/N-ethyl adjacent to an activating group) is 1. The number of hydrogen-bond donors (Lipinski definition) is 1. The summed E-state index contributed by atoms with van der Waals surface area (Å²) in [5.74, 6) is -0.490. The highest BCUT2D eigenvalue weighted by molar-refractivity contribution is 5.98. The van der Waals surface area contributed by atoms with Crippen molar-refractivity contribution >= 4 is 17.5 Å². The van der Waals surface area contributed by atoms with E-state index in [-0.39, 0.29) is 18.4 Å². The first kappa shape index (κ1) is 17.4. The van der Waals surface area contributed by atoms with Crippen molar-refractivity contribution in [3.05, 3.63) is 84.2 Å². The van der Waals surface area contributed by atoms with E-state index in [0.29, 0.717) is 17.8 Å². The molecule has 0 unspecified atom stereocenters. The van der Waals surface area contributed by atoms with Gasteiger partial charge in [0.1, 0.15) is 0 Å². The first-order valence-corrected chi connectivity index (χ1v) is 8.28. The van der Waals surface area contributed by atoms with E-state index in [1.807, 2.05) is 48.5 Å². The van der Waals surface area contributed by atoms with Crippen molar-refractivity contribution in [3.8, 4) is 0 Å². The molecule has 0 aliphatic carbocycles. The van der Waals surface area contributed by atoms with Crippen LogP contribution in [0.3, 0.4) is 0 Å². The summed E-state index contributed by atoms with van der Waals surface area (Å²) >= 11 is 0. The zero-order chi connectivity index (χ0) is 18.4. The van der Waals surface area contributed by atoms with Gasteiger partial charge in [0.15, 0.2) is 0 Å². The fourth-order valence-corrected chi connectivity index (χ4v) is 2.56. The second-order valence-corrected chi connectivity index (χ2v) is 5.99. The fraction of sp³-hybridized carbons (Fsp3) is 0.150. The highest BCUT2D eigenvalue weighted by Crippen LogP contribution is 2.08. The van der Waals surface area contributed by atoms with Crippen molar-refractivity contribution in [1.82, 2.24) is 14.7 Å². The van der Waals surface area contributed by atoms with E-state index in [1.54, 1.807) is 30.1 Å². The number of nitrogens with one attached hydrogen (secondary N) is 1. The maximum atomic E-state index is 12.5.